The van der Waals surface area contributed by atoms with E-state index in [0.29, 0.717) is 28.5 Å². The Balaban J connectivity index is 2.21. The lowest BCUT2D eigenvalue weighted by Gasteiger charge is -2.27. The molecule has 0 fully saturated rings. The second-order valence-corrected chi connectivity index (χ2v) is 8.47. The van der Waals surface area contributed by atoms with Gasteiger partial charge in [0.2, 0.25) is 11.7 Å². The van der Waals surface area contributed by atoms with E-state index in [0.717, 1.165) is 8.61 Å². The fourth-order valence-corrected chi connectivity index (χ4v) is 3.84. The standard InChI is InChI=1S/C20H27N3O6S/c1-22(2)30(25,26)23(16-9-7-6-8-10-16)14-18(24)21-13-15-11-12-17(27-3)20(29-5)19(15)28-4/h6-12H,13-14H2,1-5H3,(H,21,24). The minimum absolute atomic E-state index is 0.118. The van der Waals surface area contributed by atoms with Crippen molar-refractivity contribution in [1.29, 1.82) is 0 Å². The van der Waals surface area contributed by atoms with Gasteiger partial charge in [-0.25, -0.2) is 4.31 Å². The van der Waals surface area contributed by atoms with Crippen molar-refractivity contribution in [3.8, 4) is 17.2 Å². The molecule has 0 unspecified atom stereocenters. The van der Waals surface area contributed by atoms with Crippen molar-refractivity contribution in [2.45, 2.75) is 6.54 Å². The van der Waals surface area contributed by atoms with Crippen LogP contribution in [0.4, 0.5) is 5.69 Å². The third kappa shape index (κ3) is 5.14. The van der Waals surface area contributed by atoms with Crippen molar-refractivity contribution < 1.29 is 27.4 Å². The number of carbonyl (C=O) groups excluding carboxylic acids is 1. The van der Waals surface area contributed by atoms with Crippen LogP contribution in [-0.4, -0.2) is 60.6 Å². The maximum absolute atomic E-state index is 12.7. The molecule has 2 aromatic rings. The van der Waals surface area contributed by atoms with Gasteiger partial charge < -0.3 is 19.5 Å². The van der Waals surface area contributed by atoms with E-state index in [9.17, 15) is 13.2 Å². The van der Waals surface area contributed by atoms with Gasteiger partial charge in [0.05, 0.1) is 27.0 Å². The Hall–Kier alpha value is -2.98. The molecule has 0 aliphatic heterocycles. The van der Waals surface area contributed by atoms with Crippen LogP contribution in [0.15, 0.2) is 42.5 Å². The summed E-state index contributed by atoms with van der Waals surface area (Å²) in [4.78, 5) is 12.6. The molecule has 0 atom stereocenters. The monoisotopic (exact) mass is 437 g/mol. The molecule has 10 heteroatoms. The van der Waals surface area contributed by atoms with Gasteiger partial charge in [0.25, 0.3) is 0 Å². The Kier molecular flexibility index (Phi) is 7.90. The molecular weight excluding hydrogens is 410 g/mol. The van der Waals surface area contributed by atoms with E-state index in [1.165, 1.54) is 35.4 Å². The van der Waals surface area contributed by atoms with E-state index >= 15 is 0 Å². The molecule has 164 valence electrons. The molecule has 0 aromatic heterocycles. The van der Waals surface area contributed by atoms with Crippen LogP contribution in [0.3, 0.4) is 0 Å². The van der Waals surface area contributed by atoms with Crippen molar-refractivity contribution in [2.24, 2.45) is 0 Å². The second-order valence-electron chi connectivity index (χ2n) is 6.40. The average Bonchev–Trinajstić information content (AvgIpc) is 2.75. The normalized spacial score (nSPS) is 11.1. The van der Waals surface area contributed by atoms with Crippen LogP contribution in [0.25, 0.3) is 0 Å². The van der Waals surface area contributed by atoms with E-state index in [1.807, 2.05) is 0 Å². The number of carbonyl (C=O) groups is 1. The molecule has 2 aromatic carbocycles. The van der Waals surface area contributed by atoms with Crippen molar-refractivity contribution >= 4 is 21.8 Å². The summed E-state index contributed by atoms with van der Waals surface area (Å²) in [6, 6.07) is 11.9. The van der Waals surface area contributed by atoms with Gasteiger partial charge in [-0.2, -0.15) is 12.7 Å². The molecule has 0 spiro atoms. The van der Waals surface area contributed by atoms with E-state index in [2.05, 4.69) is 5.32 Å². The quantitative estimate of drug-likeness (QED) is 0.607. The van der Waals surface area contributed by atoms with Crippen molar-refractivity contribution in [3.63, 3.8) is 0 Å². The van der Waals surface area contributed by atoms with Gasteiger partial charge in [-0.05, 0) is 24.3 Å². The number of rotatable bonds is 10. The van der Waals surface area contributed by atoms with Crippen LogP contribution in [0, 0.1) is 0 Å². The Morgan fingerprint density at radius 1 is 0.933 bits per heavy atom. The summed E-state index contributed by atoms with van der Waals surface area (Å²) >= 11 is 0. The molecule has 0 saturated carbocycles. The van der Waals surface area contributed by atoms with E-state index in [1.54, 1.807) is 42.5 Å². The highest BCUT2D eigenvalue weighted by atomic mass is 32.2. The maximum atomic E-state index is 12.7. The lowest BCUT2D eigenvalue weighted by atomic mass is 10.1. The topological polar surface area (TPSA) is 97.4 Å². The van der Waals surface area contributed by atoms with Crippen LogP contribution in [-0.2, 0) is 21.5 Å². The van der Waals surface area contributed by atoms with Gasteiger partial charge in [0.15, 0.2) is 11.5 Å². The van der Waals surface area contributed by atoms with Gasteiger partial charge in [0, 0.05) is 26.2 Å². The number of amides is 1. The fraction of sp³-hybridized carbons (Fsp3) is 0.350. The molecule has 0 radical (unpaired) electrons. The van der Waals surface area contributed by atoms with E-state index < -0.39 is 16.1 Å². The lowest BCUT2D eigenvalue weighted by molar-refractivity contribution is -0.119. The van der Waals surface area contributed by atoms with Gasteiger partial charge in [-0.1, -0.05) is 18.2 Å². The van der Waals surface area contributed by atoms with Gasteiger partial charge in [-0.3, -0.25) is 4.79 Å². The summed E-state index contributed by atoms with van der Waals surface area (Å²) in [5.74, 6) is 0.865. The summed E-state index contributed by atoms with van der Waals surface area (Å²) in [7, 11) is 3.47. The third-order valence-electron chi connectivity index (χ3n) is 4.33. The predicted molar refractivity (Wildman–Crippen MR) is 114 cm³/mol. The molecule has 0 bridgehead atoms. The first kappa shape index (κ1) is 23.3. The summed E-state index contributed by atoms with van der Waals surface area (Å²) < 4.78 is 43.5. The number of hydrogen-bond acceptors (Lipinski definition) is 6. The molecule has 1 N–H and O–H groups in total. The molecule has 0 aliphatic rings. The molecule has 0 aliphatic carbocycles. The second kappa shape index (κ2) is 10.2. The lowest BCUT2D eigenvalue weighted by Crippen LogP contribution is -2.45. The first-order valence-electron chi connectivity index (χ1n) is 9.06. The number of benzene rings is 2. The van der Waals surface area contributed by atoms with Crippen LogP contribution < -0.4 is 23.8 Å². The van der Waals surface area contributed by atoms with Crippen LogP contribution in [0.5, 0.6) is 17.2 Å². The predicted octanol–water partition coefficient (Wildman–Crippen LogP) is 1.64. The number of ether oxygens (including phenoxy) is 3. The number of methoxy groups -OCH3 is 3. The fourth-order valence-electron chi connectivity index (χ4n) is 2.78. The summed E-state index contributed by atoms with van der Waals surface area (Å²) in [5.41, 5.74) is 1.05. The van der Waals surface area contributed by atoms with Crippen LogP contribution in [0.2, 0.25) is 0 Å². The van der Waals surface area contributed by atoms with E-state index in [4.69, 9.17) is 14.2 Å². The summed E-state index contributed by atoms with van der Waals surface area (Å²) in [6.45, 7) is -0.257. The van der Waals surface area contributed by atoms with Crippen LogP contribution in [0.1, 0.15) is 5.56 Å². The number of anilines is 1. The van der Waals surface area contributed by atoms with Crippen molar-refractivity contribution in [1.82, 2.24) is 9.62 Å². The Morgan fingerprint density at radius 3 is 2.10 bits per heavy atom. The molecular formula is C20H27N3O6S. The first-order valence-corrected chi connectivity index (χ1v) is 10.5. The number of nitrogens with zero attached hydrogens (tertiary/aromatic N) is 2. The van der Waals surface area contributed by atoms with Crippen LogP contribution >= 0.6 is 0 Å². The zero-order chi connectivity index (χ0) is 22.3. The van der Waals surface area contributed by atoms with Gasteiger partial charge in [0.1, 0.15) is 6.54 Å². The number of para-hydroxylation sites is 1. The smallest absolute Gasteiger partial charge is 0.304 e. The number of nitrogens with one attached hydrogen (secondary N) is 1. The largest absolute Gasteiger partial charge is 0.493 e. The highest BCUT2D eigenvalue weighted by molar-refractivity contribution is 7.90. The maximum Gasteiger partial charge on any atom is 0.304 e. The number of hydrogen-bond donors (Lipinski definition) is 1. The molecule has 9 nitrogen and oxygen atoms in total. The molecule has 30 heavy (non-hydrogen) atoms. The minimum Gasteiger partial charge on any atom is -0.493 e. The Bertz CT molecular complexity index is 964. The summed E-state index contributed by atoms with van der Waals surface area (Å²) in [5, 5.41) is 2.73. The molecule has 1 amide bonds. The van der Waals surface area contributed by atoms with Gasteiger partial charge in [-0.15, -0.1) is 0 Å². The highest BCUT2D eigenvalue weighted by Crippen LogP contribution is 2.39. The van der Waals surface area contributed by atoms with Crippen molar-refractivity contribution in [3.05, 3.63) is 48.0 Å². The van der Waals surface area contributed by atoms with Crippen molar-refractivity contribution in [2.75, 3.05) is 46.3 Å². The molecule has 2 rings (SSSR count). The third-order valence-corrected chi connectivity index (χ3v) is 6.15. The SMILES string of the molecule is COc1ccc(CNC(=O)CN(c2ccccc2)S(=O)(=O)N(C)C)c(OC)c1OC. The molecule has 0 heterocycles. The zero-order valence-corrected chi connectivity index (χ0v) is 18.5. The zero-order valence-electron chi connectivity index (χ0n) is 17.7. The average molecular weight is 438 g/mol. The van der Waals surface area contributed by atoms with Gasteiger partial charge >= 0.3 is 10.2 Å². The van der Waals surface area contributed by atoms with E-state index in [-0.39, 0.29) is 13.1 Å². The first-order chi connectivity index (χ1) is 14.3. The highest BCUT2D eigenvalue weighted by Gasteiger charge is 2.27. The summed E-state index contributed by atoms with van der Waals surface area (Å²) in [6.07, 6.45) is 0. The molecule has 0 saturated heterocycles. The Morgan fingerprint density at radius 2 is 1.57 bits per heavy atom. The Labute approximate surface area is 177 Å². The minimum atomic E-state index is -3.86.